The van der Waals surface area contributed by atoms with Gasteiger partial charge in [-0.1, -0.05) is 12.1 Å². The van der Waals surface area contributed by atoms with Crippen molar-refractivity contribution in [2.75, 3.05) is 10.6 Å². The van der Waals surface area contributed by atoms with Crippen molar-refractivity contribution in [1.82, 2.24) is 0 Å². The highest BCUT2D eigenvalue weighted by Crippen LogP contribution is 2.57. The van der Waals surface area contributed by atoms with Gasteiger partial charge in [-0.25, -0.2) is 0 Å². The predicted octanol–water partition coefficient (Wildman–Crippen LogP) is 3.69. The fourth-order valence-corrected chi connectivity index (χ4v) is 5.37. The van der Waals surface area contributed by atoms with Gasteiger partial charge in [0.05, 0.1) is 11.8 Å². The van der Waals surface area contributed by atoms with Crippen molar-refractivity contribution in [1.29, 1.82) is 0 Å². The summed E-state index contributed by atoms with van der Waals surface area (Å²) < 4.78 is 5.41. The van der Waals surface area contributed by atoms with Gasteiger partial charge in [0.15, 0.2) is 0 Å². The Kier molecular flexibility index (Phi) is 4.38. The van der Waals surface area contributed by atoms with Gasteiger partial charge in [-0.2, -0.15) is 0 Å². The van der Waals surface area contributed by atoms with E-state index in [9.17, 15) is 14.4 Å². The molecule has 3 aliphatic rings. The smallest absolute Gasteiger partial charge is 0.310 e. The lowest BCUT2D eigenvalue weighted by Crippen LogP contribution is -2.35. The van der Waals surface area contributed by atoms with E-state index in [1.807, 2.05) is 32.0 Å². The molecule has 154 valence electrons. The second-order valence-electron chi connectivity index (χ2n) is 8.69. The third-order valence-corrected chi connectivity index (χ3v) is 7.05. The zero-order valence-corrected chi connectivity index (χ0v) is 17.0. The molecule has 2 aliphatic carbocycles. The first-order valence-corrected chi connectivity index (χ1v) is 10.4. The lowest BCUT2D eigenvalue weighted by atomic mass is 9.79. The highest BCUT2D eigenvalue weighted by Gasteiger charge is 2.63. The van der Waals surface area contributed by atoms with Gasteiger partial charge in [0.1, 0.15) is 6.10 Å². The SMILES string of the molecule is Cc1cccc(NC(=O)c2ccc(NC(=O)[C@@H]3[C@@H]4C[C@@H]5[C@@H]3C(=O)O[C@@H]5C4)cc2)c1C. The summed E-state index contributed by atoms with van der Waals surface area (Å²) in [6.07, 6.45) is 1.71. The van der Waals surface area contributed by atoms with Gasteiger partial charge in [0, 0.05) is 22.9 Å². The normalized spacial score (nSPS) is 28.3. The van der Waals surface area contributed by atoms with Crippen LogP contribution in [0.4, 0.5) is 11.4 Å². The summed E-state index contributed by atoms with van der Waals surface area (Å²) in [5.41, 5.74) is 4.07. The van der Waals surface area contributed by atoms with Crippen molar-refractivity contribution < 1.29 is 19.1 Å². The van der Waals surface area contributed by atoms with Crippen LogP contribution in [0.5, 0.6) is 0 Å². The molecule has 0 radical (unpaired) electrons. The summed E-state index contributed by atoms with van der Waals surface area (Å²) in [6, 6.07) is 12.6. The number of fused-ring (bicyclic) bond motifs is 1. The Hall–Kier alpha value is -3.15. The minimum atomic E-state index is -0.312. The molecule has 2 amide bonds. The molecule has 2 aromatic carbocycles. The van der Waals surface area contributed by atoms with E-state index in [1.54, 1.807) is 24.3 Å². The Bertz CT molecular complexity index is 1040. The van der Waals surface area contributed by atoms with Crippen LogP contribution in [0, 0.1) is 37.5 Å². The molecule has 2 bridgehead atoms. The summed E-state index contributed by atoms with van der Waals surface area (Å²) >= 11 is 0. The van der Waals surface area contributed by atoms with Crippen molar-refractivity contribution in [3.05, 3.63) is 59.2 Å². The molecule has 5 rings (SSSR count). The molecule has 5 atom stereocenters. The quantitative estimate of drug-likeness (QED) is 0.761. The minimum absolute atomic E-state index is 0.0198. The van der Waals surface area contributed by atoms with Crippen LogP contribution in [0.1, 0.15) is 34.3 Å². The molecular formula is C24H24N2O4. The van der Waals surface area contributed by atoms with E-state index in [1.165, 1.54) is 0 Å². The maximum absolute atomic E-state index is 12.9. The Morgan fingerprint density at radius 1 is 1.00 bits per heavy atom. The zero-order valence-electron chi connectivity index (χ0n) is 17.0. The van der Waals surface area contributed by atoms with Crippen molar-refractivity contribution in [2.24, 2.45) is 23.7 Å². The first-order chi connectivity index (χ1) is 14.4. The minimum Gasteiger partial charge on any atom is -0.462 e. The highest BCUT2D eigenvalue weighted by atomic mass is 16.6. The van der Waals surface area contributed by atoms with Crippen LogP contribution < -0.4 is 10.6 Å². The maximum atomic E-state index is 12.9. The first-order valence-electron chi connectivity index (χ1n) is 10.4. The molecule has 1 saturated heterocycles. The summed E-state index contributed by atoms with van der Waals surface area (Å²) in [7, 11) is 0. The van der Waals surface area contributed by atoms with E-state index < -0.39 is 0 Å². The predicted molar refractivity (Wildman–Crippen MR) is 112 cm³/mol. The summed E-state index contributed by atoms with van der Waals surface area (Å²) in [4.78, 5) is 37.6. The average Bonchev–Trinajstić information content (AvgIpc) is 3.34. The molecule has 2 saturated carbocycles. The van der Waals surface area contributed by atoms with Gasteiger partial charge in [0.2, 0.25) is 5.91 Å². The van der Waals surface area contributed by atoms with Gasteiger partial charge in [-0.05, 0) is 74.1 Å². The van der Waals surface area contributed by atoms with E-state index in [4.69, 9.17) is 4.74 Å². The molecule has 30 heavy (non-hydrogen) atoms. The molecule has 6 heteroatoms. The topological polar surface area (TPSA) is 84.5 Å². The Labute approximate surface area is 175 Å². The molecule has 0 unspecified atom stereocenters. The number of benzene rings is 2. The van der Waals surface area contributed by atoms with Gasteiger partial charge in [-0.15, -0.1) is 0 Å². The van der Waals surface area contributed by atoms with Crippen LogP contribution in [0.2, 0.25) is 0 Å². The Morgan fingerprint density at radius 3 is 2.53 bits per heavy atom. The van der Waals surface area contributed by atoms with E-state index in [2.05, 4.69) is 10.6 Å². The molecular weight excluding hydrogens is 380 g/mol. The monoisotopic (exact) mass is 404 g/mol. The van der Waals surface area contributed by atoms with E-state index in [0.717, 1.165) is 29.7 Å². The number of anilines is 2. The van der Waals surface area contributed by atoms with Gasteiger partial charge in [0.25, 0.3) is 5.91 Å². The van der Waals surface area contributed by atoms with Gasteiger partial charge < -0.3 is 15.4 Å². The van der Waals surface area contributed by atoms with Crippen molar-refractivity contribution >= 4 is 29.2 Å². The number of rotatable bonds is 4. The fraction of sp³-hybridized carbons (Fsp3) is 0.375. The van der Waals surface area contributed by atoms with Crippen LogP contribution in [-0.4, -0.2) is 23.9 Å². The number of amides is 2. The fourth-order valence-electron chi connectivity index (χ4n) is 5.37. The Balaban J connectivity index is 1.25. The second-order valence-corrected chi connectivity index (χ2v) is 8.69. The number of nitrogens with one attached hydrogen (secondary N) is 2. The number of esters is 1. The molecule has 1 aliphatic heterocycles. The third kappa shape index (κ3) is 2.98. The summed E-state index contributed by atoms with van der Waals surface area (Å²) in [6.45, 7) is 3.98. The lowest BCUT2D eigenvalue weighted by molar-refractivity contribution is -0.145. The van der Waals surface area contributed by atoms with Crippen molar-refractivity contribution in [3.8, 4) is 0 Å². The Morgan fingerprint density at radius 2 is 1.77 bits per heavy atom. The molecule has 2 aromatic rings. The number of carbonyl (C=O) groups is 3. The average molecular weight is 404 g/mol. The molecule has 3 fully saturated rings. The number of ether oxygens (including phenoxy) is 1. The second kappa shape index (κ2) is 6.97. The van der Waals surface area contributed by atoms with E-state index in [-0.39, 0.29) is 47.6 Å². The molecule has 0 spiro atoms. The van der Waals surface area contributed by atoms with Crippen LogP contribution in [-0.2, 0) is 14.3 Å². The van der Waals surface area contributed by atoms with Gasteiger partial charge in [-0.3, -0.25) is 14.4 Å². The maximum Gasteiger partial charge on any atom is 0.310 e. The molecule has 0 aromatic heterocycles. The standard InChI is InChI=1S/C24H24N2O4/c1-12-4-3-5-18(13(12)2)26-22(27)14-6-8-16(9-7-14)25-23(28)20-15-10-17-19(11-15)30-24(29)21(17)20/h3-9,15,17,19-21H,10-11H2,1-2H3,(H,25,28)(H,26,27)/t15-,17+,19-,20-,21+/m1/s1. The van der Waals surface area contributed by atoms with Crippen LogP contribution in [0.25, 0.3) is 0 Å². The van der Waals surface area contributed by atoms with Crippen LogP contribution in [0.3, 0.4) is 0 Å². The summed E-state index contributed by atoms with van der Waals surface area (Å²) in [5.74, 6) is -0.728. The molecule has 6 nitrogen and oxygen atoms in total. The summed E-state index contributed by atoms with van der Waals surface area (Å²) in [5, 5.41) is 5.86. The third-order valence-electron chi connectivity index (χ3n) is 7.05. The number of carbonyl (C=O) groups excluding carboxylic acids is 3. The van der Waals surface area contributed by atoms with E-state index in [0.29, 0.717) is 11.3 Å². The number of aryl methyl sites for hydroxylation is 1. The van der Waals surface area contributed by atoms with Crippen molar-refractivity contribution in [2.45, 2.75) is 32.8 Å². The lowest BCUT2D eigenvalue weighted by Gasteiger charge is -2.23. The van der Waals surface area contributed by atoms with Crippen LogP contribution in [0.15, 0.2) is 42.5 Å². The largest absolute Gasteiger partial charge is 0.462 e. The number of hydrogen-bond acceptors (Lipinski definition) is 4. The van der Waals surface area contributed by atoms with E-state index >= 15 is 0 Å². The molecule has 1 heterocycles. The zero-order chi connectivity index (χ0) is 21.0. The van der Waals surface area contributed by atoms with Gasteiger partial charge >= 0.3 is 5.97 Å². The highest BCUT2D eigenvalue weighted by molar-refractivity contribution is 6.05. The number of hydrogen-bond donors (Lipinski definition) is 2. The molecule has 2 N–H and O–H groups in total. The van der Waals surface area contributed by atoms with Crippen molar-refractivity contribution in [3.63, 3.8) is 0 Å². The first kappa shape index (κ1) is 18.9. The van der Waals surface area contributed by atoms with Crippen LogP contribution >= 0.6 is 0 Å².